The second-order valence-electron chi connectivity index (χ2n) is 0.757. The van der Waals surface area contributed by atoms with Gasteiger partial charge in [0.25, 0.3) is 0 Å². The Hall–Kier alpha value is -0.546. The Balaban J connectivity index is 0. The van der Waals surface area contributed by atoms with Crippen molar-refractivity contribution in [2.45, 2.75) is 0 Å². The van der Waals surface area contributed by atoms with Crippen molar-refractivity contribution in [3.05, 3.63) is 0 Å². The van der Waals surface area contributed by atoms with E-state index in [4.69, 9.17) is 21.0 Å². The average Bonchev–Trinajstić information content (AvgIpc) is 1.95. The first-order valence-electron chi connectivity index (χ1n) is 1.53. The summed E-state index contributed by atoms with van der Waals surface area (Å²) in [5.74, 6) is 0. The third-order valence-corrected chi connectivity index (χ3v) is 1.75. The zero-order valence-electron chi connectivity index (χ0n) is 4.11. The molecule has 0 heterocycles. The first-order valence-corrected chi connectivity index (χ1v) is 3.50. The molecule has 10 heavy (non-hydrogen) atoms. The van der Waals surface area contributed by atoms with Gasteiger partial charge in [-0.15, -0.1) is 0 Å². The van der Waals surface area contributed by atoms with Crippen molar-refractivity contribution in [2.24, 2.45) is 0 Å². The van der Waals surface area contributed by atoms with Crippen molar-refractivity contribution in [2.75, 3.05) is 0 Å². The molecule has 0 radical (unpaired) electrons. The van der Waals surface area contributed by atoms with Gasteiger partial charge in [-0.1, -0.05) is 0 Å². The van der Waals surface area contributed by atoms with E-state index in [0.717, 1.165) is 0 Å². The Morgan fingerprint density at radius 3 is 0.900 bits per heavy atom. The molecule has 0 saturated heterocycles. The van der Waals surface area contributed by atoms with Crippen LogP contribution in [0, 0.1) is 41.2 Å². The fourth-order valence-corrected chi connectivity index (χ4v) is 0.391. The molecule has 6 heteroatoms. The normalized spacial score (nSPS) is 8.40. The van der Waals surface area contributed by atoms with Crippen LogP contribution >= 0.6 is 0 Å². The standard InChI is InChI=1S/4CN.Na.Ni.H/c4*1-2;;;. The molecule has 0 aromatic carbocycles. The van der Waals surface area contributed by atoms with Gasteiger partial charge in [0.1, 0.15) is 0 Å². The van der Waals surface area contributed by atoms with E-state index in [1.165, 1.54) is 20.2 Å². The van der Waals surface area contributed by atoms with Gasteiger partial charge in [0.05, 0.1) is 0 Å². The molecule has 0 aromatic heterocycles. The topological polar surface area (TPSA) is 95.2 Å². The molecular formula is C4HN4NaNi. The molecule has 0 saturated carbocycles. The molecule has 0 aliphatic carbocycles. The van der Waals surface area contributed by atoms with Crippen LogP contribution in [0.4, 0.5) is 0 Å². The van der Waals surface area contributed by atoms with Crippen LogP contribution in [-0.4, -0.2) is 29.6 Å². The van der Waals surface area contributed by atoms with E-state index in [1.54, 1.807) is 0 Å². The van der Waals surface area contributed by atoms with Crippen LogP contribution in [0.2, 0.25) is 0 Å². The van der Waals surface area contributed by atoms with Gasteiger partial charge < -0.3 is 0 Å². The summed E-state index contributed by atoms with van der Waals surface area (Å²) in [4.78, 5) is 0. The Bertz CT molecular complexity index is 210. The second-order valence-corrected chi connectivity index (χ2v) is 3.12. The van der Waals surface area contributed by atoms with Crippen molar-refractivity contribution in [1.82, 2.24) is 0 Å². The van der Waals surface area contributed by atoms with Gasteiger partial charge in [-0.25, -0.2) is 0 Å². The van der Waals surface area contributed by atoms with Crippen LogP contribution in [0.5, 0.6) is 0 Å². The Morgan fingerprint density at radius 2 is 0.900 bits per heavy atom. The maximum absolute atomic E-state index is 8.10. The molecular weight excluding hydrogens is 186 g/mol. The molecule has 0 N–H and O–H groups in total. The van der Waals surface area contributed by atoms with Crippen LogP contribution in [0.15, 0.2) is 0 Å². The Labute approximate surface area is 82.6 Å². The van der Waals surface area contributed by atoms with E-state index in [2.05, 4.69) is 0 Å². The number of hydrogen-bond acceptors (Lipinski definition) is 4. The summed E-state index contributed by atoms with van der Waals surface area (Å²) in [5.41, 5.74) is 0. The number of rotatable bonds is 0. The van der Waals surface area contributed by atoms with E-state index in [1.807, 2.05) is 0 Å². The first kappa shape index (κ1) is 12.2. The zero-order chi connectivity index (χ0) is 7.33. The fraction of sp³-hybridized carbons (Fsp3) is 0. The van der Waals surface area contributed by atoms with E-state index in [9.17, 15) is 0 Å². The maximum atomic E-state index is 8.10. The summed E-state index contributed by atoms with van der Waals surface area (Å²) in [6.45, 7) is 0. The molecule has 0 atom stereocenters. The minimum absolute atomic E-state index is 0. The zero-order valence-corrected chi connectivity index (χ0v) is 5.09. The predicted octanol–water partition coefficient (Wildman–Crippen LogP) is -0.584. The summed E-state index contributed by atoms with van der Waals surface area (Å²) in [7, 11) is 0. The molecule has 48 valence electrons. The Morgan fingerprint density at radius 1 is 0.700 bits per heavy atom. The third-order valence-electron chi connectivity index (χ3n) is 0.424. The molecule has 0 bridgehead atoms. The third kappa shape index (κ3) is 2.37. The summed E-state index contributed by atoms with van der Waals surface area (Å²) in [6.07, 6.45) is 0. The van der Waals surface area contributed by atoms with Crippen molar-refractivity contribution in [3.63, 3.8) is 0 Å². The molecule has 4 nitrogen and oxygen atoms in total. The van der Waals surface area contributed by atoms with Crippen LogP contribution in [0.1, 0.15) is 0 Å². The van der Waals surface area contributed by atoms with Crippen LogP contribution < -0.4 is 0 Å². The van der Waals surface area contributed by atoms with Gasteiger partial charge in [-0.2, -0.15) is 0 Å². The van der Waals surface area contributed by atoms with Gasteiger partial charge in [0.15, 0.2) is 0 Å². The van der Waals surface area contributed by atoms with Gasteiger partial charge >= 0.3 is 83.1 Å². The monoisotopic (exact) mass is 186 g/mol. The van der Waals surface area contributed by atoms with Crippen LogP contribution in [0.3, 0.4) is 0 Å². The molecule has 0 aromatic rings. The van der Waals surface area contributed by atoms with Gasteiger partial charge in [0, 0.05) is 0 Å². The summed E-state index contributed by atoms with van der Waals surface area (Å²) in [5, 5.41) is 37.9. The van der Waals surface area contributed by atoms with Crippen molar-refractivity contribution < 1.29 is 12.4 Å². The average molecular weight is 187 g/mol. The van der Waals surface area contributed by atoms with Crippen LogP contribution in [0.25, 0.3) is 0 Å². The van der Waals surface area contributed by atoms with E-state index in [0.29, 0.717) is 0 Å². The van der Waals surface area contributed by atoms with Crippen molar-refractivity contribution >= 4 is 29.6 Å². The molecule has 0 aliphatic heterocycles. The molecule has 0 spiro atoms. The summed E-state index contributed by atoms with van der Waals surface area (Å²) in [6, 6.07) is 0. The molecule has 0 fully saturated rings. The second kappa shape index (κ2) is 5.25. The van der Waals surface area contributed by atoms with Gasteiger partial charge in [-0.05, 0) is 0 Å². The quantitative estimate of drug-likeness (QED) is 0.473. The van der Waals surface area contributed by atoms with Crippen molar-refractivity contribution in [1.29, 1.82) is 21.0 Å². The van der Waals surface area contributed by atoms with E-state index >= 15 is 0 Å². The molecule has 0 rings (SSSR count). The minimum atomic E-state index is -3.03. The summed E-state index contributed by atoms with van der Waals surface area (Å²) < 4.78 is 0. The van der Waals surface area contributed by atoms with E-state index in [-0.39, 0.29) is 29.6 Å². The van der Waals surface area contributed by atoms with Gasteiger partial charge in [0.2, 0.25) is 0 Å². The summed E-state index contributed by atoms with van der Waals surface area (Å²) >= 11 is -3.03. The van der Waals surface area contributed by atoms with Crippen LogP contribution in [-0.2, 0) is 12.4 Å². The first-order chi connectivity index (χ1) is 4.24. The molecule has 0 amide bonds. The molecule has 0 aliphatic rings. The number of nitrogens with zero attached hydrogens (tertiary/aromatic N) is 4. The predicted molar refractivity (Wildman–Crippen MR) is 29.6 cm³/mol. The van der Waals surface area contributed by atoms with Gasteiger partial charge in [-0.3, -0.25) is 0 Å². The SMILES string of the molecule is N#[C][Ni]([C]#N)([C]#N)[C]#N.[NaH]. The van der Waals surface area contributed by atoms with E-state index < -0.39 is 12.4 Å². The fourth-order valence-electron chi connectivity index (χ4n) is 0.0949. The number of hydrogen-bond donors (Lipinski definition) is 0. The number of nitriles is 4. The Kier molecular flexibility index (Phi) is 6.39. The van der Waals surface area contributed by atoms with Crippen molar-refractivity contribution in [3.8, 4) is 20.2 Å². The molecule has 0 unspecified atom stereocenters.